The van der Waals surface area contributed by atoms with Crippen molar-refractivity contribution in [3.8, 4) is 0 Å². The summed E-state index contributed by atoms with van der Waals surface area (Å²) in [7, 11) is 1.88. The van der Waals surface area contributed by atoms with E-state index in [0.29, 0.717) is 12.1 Å². The number of nitrogens with zero attached hydrogens (tertiary/aromatic N) is 4. The predicted molar refractivity (Wildman–Crippen MR) is 68.6 cm³/mol. The smallest absolute Gasteiger partial charge is 0.291 e. The van der Waals surface area contributed by atoms with Gasteiger partial charge in [-0.2, -0.15) is 5.10 Å². The molecule has 0 saturated heterocycles. The number of fused-ring (bicyclic) bond motifs is 3. The molecule has 0 spiro atoms. The molecule has 3 heterocycles. The molecule has 0 aromatic carbocycles. The van der Waals surface area contributed by atoms with Gasteiger partial charge in [0.1, 0.15) is 5.52 Å². The van der Waals surface area contributed by atoms with E-state index in [2.05, 4.69) is 10.1 Å². The van der Waals surface area contributed by atoms with Gasteiger partial charge in [0.05, 0.1) is 15.9 Å². The summed E-state index contributed by atoms with van der Waals surface area (Å²) >= 11 is 1.60. The van der Waals surface area contributed by atoms with Crippen LogP contribution in [0.1, 0.15) is 11.9 Å². The van der Waals surface area contributed by atoms with Crippen LogP contribution in [0, 0.1) is 6.92 Å². The van der Waals surface area contributed by atoms with Crippen molar-refractivity contribution in [2.75, 3.05) is 0 Å². The average molecular weight is 248 g/mol. The molecule has 3 rings (SSSR count). The third-order valence-electron chi connectivity index (χ3n) is 2.93. The summed E-state index contributed by atoms with van der Waals surface area (Å²) in [6, 6.07) is 0. The van der Waals surface area contributed by atoms with Crippen molar-refractivity contribution in [1.82, 2.24) is 19.3 Å². The summed E-state index contributed by atoms with van der Waals surface area (Å²) in [5.74, 6) is 0. The number of thiazole rings is 1. The van der Waals surface area contributed by atoms with Crippen LogP contribution in [0.2, 0.25) is 0 Å². The highest BCUT2D eigenvalue weighted by molar-refractivity contribution is 7.19. The Morgan fingerprint density at radius 1 is 1.47 bits per heavy atom. The normalized spacial score (nSPS) is 11.7. The van der Waals surface area contributed by atoms with Gasteiger partial charge in [-0.3, -0.25) is 4.79 Å². The Balaban J connectivity index is 2.58. The fourth-order valence-corrected chi connectivity index (χ4v) is 3.08. The lowest BCUT2D eigenvalue weighted by molar-refractivity contribution is 0.620. The molecule has 5 nitrogen and oxygen atoms in total. The Morgan fingerprint density at radius 2 is 2.24 bits per heavy atom. The molecule has 0 atom stereocenters. The van der Waals surface area contributed by atoms with Crippen LogP contribution in [-0.2, 0) is 13.6 Å². The first-order chi connectivity index (χ1) is 8.13. The van der Waals surface area contributed by atoms with Crippen molar-refractivity contribution >= 4 is 32.6 Å². The van der Waals surface area contributed by atoms with E-state index in [1.54, 1.807) is 17.5 Å². The second-order valence-electron chi connectivity index (χ2n) is 3.97. The molecule has 0 amide bonds. The molecule has 17 heavy (non-hydrogen) atoms. The van der Waals surface area contributed by atoms with Gasteiger partial charge >= 0.3 is 0 Å². The Hall–Kier alpha value is -1.69. The predicted octanol–water partition coefficient (Wildman–Crippen LogP) is 1.67. The summed E-state index contributed by atoms with van der Waals surface area (Å²) in [5.41, 5.74) is 1.52. The van der Waals surface area contributed by atoms with E-state index in [4.69, 9.17) is 0 Å². The molecule has 0 fully saturated rings. The fourth-order valence-electron chi connectivity index (χ4n) is 2.12. The summed E-state index contributed by atoms with van der Waals surface area (Å²) < 4.78 is 4.39. The maximum atomic E-state index is 12.2. The zero-order chi connectivity index (χ0) is 12.2. The third-order valence-corrected chi connectivity index (χ3v) is 3.93. The van der Waals surface area contributed by atoms with Crippen LogP contribution in [0.25, 0.3) is 21.3 Å². The minimum absolute atomic E-state index is 0.0460. The zero-order valence-electron chi connectivity index (χ0n) is 9.89. The van der Waals surface area contributed by atoms with E-state index in [0.717, 1.165) is 20.7 Å². The van der Waals surface area contributed by atoms with Crippen molar-refractivity contribution in [3.63, 3.8) is 0 Å². The van der Waals surface area contributed by atoms with E-state index < -0.39 is 0 Å². The van der Waals surface area contributed by atoms with Crippen LogP contribution >= 0.6 is 11.3 Å². The zero-order valence-corrected chi connectivity index (χ0v) is 10.7. The summed E-state index contributed by atoms with van der Waals surface area (Å²) in [6.45, 7) is 4.46. The Bertz CT molecular complexity index is 780. The summed E-state index contributed by atoms with van der Waals surface area (Å²) in [5, 5.41) is 6.08. The van der Waals surface area contributed by atoms with Crippen LogP contribution in [0.3, 0.4) is 0 Å². The number of aryl methyl sites for hydroxylation is 3. The number of hydrogen-bond acceptors (Lipinski definition) is 4. The summed E-state index contributed by atoms with van der Waals surface area (Å²) in [4.78, 5) is 16.6. The van der Waals surface area contributed by atoms with Gasteiger partial charge in [0.25, 0.3) is 5.56 Å². The van der Waals surface area contributed by atoms with Crippen LogP contribution in [-0.4, -0.2) is 19.3 Å². The third kappa shape index (κ3) is 1.27. The first-order valence-electron chi connectivity index (χ1n) is 5.45. The van der Waals surface area contributed by atoms with Crippen LogP contribution in [0.15, 0.2) is 11.0 Å². The van der Waals surface area contributed by atoms with Gasteiger partial charge in [-0.15, -0.1) is 11.3 Å². The van der Waals surface area contributed by atoms with Crippen molar-refractivity contribution in [3.05, 3.63) is 21.6 Å². The van der Waals surface area contributed by atoms with Gasteiger partial charge in [-0.05, 0) is 13.8 Å². The molecule has 0 aliphatic carbocycles. The molecule has 0 aliphatic heterocycles. The number of rotatable bonds is 1. The van der Waals surface area contributed by atoms with Gasteiger partial charge in [-0.1, -0.05) is 0 Å². The highest BCUT2D eigenvalue weighted by atomic mass is 32.1. The van der Waals surface area contributed by atoms with Crippen molar-refractivity contribution < 1.29 is 0 Å². The van der Waals surface area contributed by atoms with Crippen LogP contribution < -0.4 is 5.56 Å². The maximum absolute atomic E-state index is 12.2. The van der Waals surface area contributed by atoms with Crippen molar-refractivity contribution in [2.45, 2.75) is 20.4 Å². The maximum Gasteiger partial charge on any atom is 0.291 e. The Labute approximate surface area is 101 Å². The molecule has 0 radical (unpaired) electrons. The van der Waals surface area contributed by atoms with E-state index in [-0.39, 0.29) is 5.56 Å². The lowest BCUT2D eigenvalue weighted by Gasteiger charge is -2.01. The van der Waals surface area contributed by atoms with E-state index in [9.17, 15) is 4.79 Å². The molecule has 0 unspecified atom stereocenters. The average Bonchev–Trinajstić information content (AvgIpc) is 2.79. The highest BCUT2D eigenvalue weighted by Crippen LogP contribution is 2.29. The molecule has 6 heteroatoms. The van der Waals surface area contributed by atoms with Gasteiger partial charge in [0, 0.05) is 19.0 Å². The molecule has 3 aromatic heterocycles. The quantitative estimate of drug-likeness (QED) is 0.658. The summed E-state index contributed by atoms with van der Waals surface area (Å²) in [6.07, 6.45) is 1.76. The van der Waals surface area contributed by atoms with Gasteiger partial charge in [0.2, 0.25) is 0 Å². The largest absolute Gasteiger partial charge is 0.323 e. The molecule has 0 saturated carbocycles. The second-order valence-corrected chi connectivity index (χ2v) is 5.18. The van der Waals surface area contributed by atoms with Crippen molar-refractivity contribution in [1.29, 1.82) is 0 Å². The minimum atomic E-state index is -0.0460. The highest BCUT2D eigenvalue weighted by Gasteiger charge is 2.16. The van der Waals surface area contributed by atoms with Crippen molar-refractivity contribution in [2.24, 2.45) is 7.05 Å². The lowest BCUT2D eigenvalue weighted by atomic mass is 10.3. The topological polar surface area (TPSA) is 52.7 Å². The molecule has 0 aliphatic rings. The van der Waals surface area contributed by atoms with E-state index in [1.807, 2.05) is 25.5 Å². The first kappa shape index (κ1) is 10.5. The van der Waals surface area contributed by atoms with E-state index in [1.165, 1.54) is 4.68 Å². The molecular weight excluding hydrogens is 236 g/mol. The molecule has 88 valence electrons. The first-order valence-corrected chi connectivity index (χ1v) is 6.26. The monoisotopic (exact) mass is 248 g/mol. The lowest BCUT2D eigenvalue weighted by Crippen LogP contribution is -2.22. The molecule has 0 bridgehead atoms. The second kappa shape index (κ2) is 3.40. The van der Waals surface area contributed by atoms with Gasteiger partial charge in [0.15, 0.2) is 5.65 Å². The Morgan fingerprint density at radius 3 is 2.94 bits per heavy atom. The fraction of sp³-hybridized carbons (Fsp3) is 0.364. The van der Waals surface area contributed by atoms with Gasteiger partial charge in [-0.25, -0.2) is 9.67 Å². The van der Waals surface area contributed by atoms with Gasteiger partial charge < -0.3 is 4.57 Å². The molecular formula is C11H12N4OS. The Kier molecular flexibility index (Phi) is 2.09. The number of aromatic nitrogens is 4. The standard InChI is InChI=1S/C11H12N4OS/c1-4-15-11(16)8-7(5-12-15)9-10(14(8)3)13-6(2)17-9/h5H,4H2,1-3H3. The van der Waals surface area contributed by atoms with Crippen LogP contribution in [0.5, 0.6) is 0 Å². The SMILES string of the molecule is CCn1ncc2c3sc(C)nc3n(C)c2c1=O. The van der Waals surface area contributed by atoms with E-state index >= 15 is 0 Å². The minimum Gasteiger partial charge on any atom is -0.323 e. The molecule has 0 N–H and O–H groups in total. The van der Waals surface area contributed by atoms with Crippen LogP contribution in [0.4, 0.5) is 0 Å². The molecule has 3 aromatic rings. The number of hydrogen-bond donors (Lipinski definition) is 0.